The predicted octanol–water partition coefficient (Wildman–Crippen LogP) is 0.794. The maximum atomic E-state index is 12.2. The van der Waals surface area contributed by atoms with Crippen LogP contribution in [0.15, 0.2) is 45.1 Å². The molecule has 2 heterocycles. The van der Waals surface area contributed by atoms with E-state index in [1.54, 1.807) is 25.1 Å². The molecule has 7 nitrogen and oxygen atoms in total. The summed E-state index contributed by atoms with van der Waals surface area (Å²) in [7, 11) is 0. The first-order valence-corrected chi connectivity index (χ1v) is 7.49. The lowest BCUT2D eigenvalue weighted by Crippen LogP contribution is -2.31. The zero-order valence-electron chi connectivity index (χ0n) is 11.7. The normalized spacial score (nSPS) is 11.0. The number of aromatic amines is 1. The van der Waals surface area contributed by atoms with E-state index in [2.05, 4.69) is 15.0 Å². The molecular formula is C14H13N5O2S. The van der Waals surface area contributed by atoms with Gasteiger partial charge < -0.3 is 10.8 Å². The Kier molecular flexibility index (Phi) is 3.68. The van der Waals surface area contributed by atoms with Crippen molar-refractivity contribution >= 4 is 22.7 Å². The Morgan fingerprint density at radius 2 is 2.05 bits per heavy atom. The SMILES string of the molecule is Cc1cc(=O)[nH]c(SCc2nc3ccccc3c(=O)n2N)n1. The van der Waals surface area contributed by atoms with Crippen LogP contribution in [0.25, 0.3) is 10.9 Å². The van der Waals surface area contributed by atoms with Gasteiger partial charge in [0.15, 0.2) is 5.16 Å². The highest BCUT2D eigenvalue weighted by Gasteiger charge is 2.09. The molecule has 0 aliphatic carbocycles. The summed E-state index contributed by atoms with van der Waals surface area (Å²) >= 11 is 1.26. The van der Waals surface area contributed by atoms with Gasteiger partial charge in [0.25, 0.3) is 11.1 Å². The second-order valence-electron chi connectivity index (χ2n) is 4.70. The molecule has 112 valence electrons. The van der Waals surface area contributed by atoms with Crippen LogP contribution in [0.1, 0.15) is 11.5 Å². The van der Waals surface area contributed by atoms with Gasteiger partial charge in [-0.15, -0.1) is 0 Å². The molecule has 2 aromatic heterocycles. The van der Waals surface area contributed by atoms with Gasteiger partial charge in [-0.2, -0.15) is 0 Å². The first kappa shape index (κ1) is 14.3. The molecule has 0 spiro atoms. The lowest BCUT2D eigenvalue weighted by molar-refractivity contribution is 0.838. The number of hydrogen-bond donors (Lipinski definition) is 2. The van der Waals surface area contributed by atoms with Crippen LogP contribution in [0.3, 0.4) is 0 Å². The maximum Gasteiger partial charge on any atom is 0.279 e. The monoisotopic (exact) mass is 315 g/mol. The van der Waals surface area contributed by atoms with Crippen LogP contribution in [-0.2, 0) is 5.75 Å². The molecule has 0 saturated carbocycles. The number of rotatable bonds is 3. The highest BCUT2D eigenvalue weighted by atomic mass is 32.2. The molecule has 3 N–H and O–H groups in total. The van der Waals surface area contributed by atoms with E-state index in [1.165, 1.54) is 17.8 Å². The van der Waals surface area contributed by atoms with Crippen molar-refractivity contribution in [3.8, 4) is 0 Å². The van der Waals surface area contributed by atoms with Crippen molar-refractivity contribution in [2.24, 2.45) is 0 Å². The number of nitrogen functional groups attached to an aromatic ring is 1. The summed E-state index contributed by atoms with van der Waals surface area (Å²) in [4.78, 5) is 34.8. The lowest BCUT2D eigenvalue weighted by atomic mass is 10.2. The molecule has 22 heavy (non-hydrogen) atoms. The molecule has 3 aromatic rings. The first-order valence-electron chi connectivity index (χ1n) is 6.51. The summed E-state index contributed by atoms with van der Waals surface area (Å²) in [6.07, 6.45) is 0. The maximum absolute atomic E-state index is 12.2. The minimum Gasteiger partial charge on any atom is -0.335 e. The van der Waals surface area contributed by atoms with Crippen molar-refractivity contribution in [3.63, 3.8) is 0 Å². The van der Waals surface area contributed by atoms with Gasteiger partial charge in [0.1, 0.15) is 5.82 Å². The van der Waals surface area contributed by atoms with Crippen molar-refractivity contribution in [1.82, 2.24) is 19.6 Å². The van der Waals surface area contributed by atoms with Crippen LogP contribution in [0, 0.1) is 6.92 Å². The third-order valence-electron chi connectivity index (χ3n) is 3.07. The minimum absolute atomic E-state index is 0.216. The van der Waals surface area contributed by atoms with Crippen molar-refractivity contribution < 1.29 is 0 Å². The molecule has 0 amide bonds. The van der Waals surface area contributed by atoms with Gasteiger partial charge in [-0.1, -0.05) is 23.9 Å². The van der Waals surface area contributed by atoms with Crippen molar-refractivity contribution in [2.75, 3.05) is 5.84 Å². The molecule has 8 heteroatoms. The van der Waals surface area contributed by atoms with Gasteiger partial charge in [-0.05, 0) is 19.1 Å². The van der Waals surface area contributed by atoms with Gasteiger partial charge in [0, 0.05) is 11.8 Å². The number of hydrogen-bond acceptors (Lipinski definition) is 6. The number of aromatic nitrogens is 4. The number of nitrogens with one attached hydrogen (secondary N) is 1. The largest absolute Gasteiger partial charge is 0.335 e. The molecule has 0 unspecified atom stereocenters. The Bertz CT molecular complexity index is 963. The topological polar surface area (TPSA) is 107 Å². The highest BCUT2D eigenvalue weighted by Crippen LogP contribution is 2.17. The van der Waals surface area contributed by atoms with Crippen LogP contribution in [-0.4, -0.2) is 19.6 Å². The highest BCUT2D eigenvalue weighted by molar-refractivity contribution is 7.98. The molecule has 1 aromatic carbocycles. The zero-order chi connectivity index (χ0) is 15.7. The van der Waals surface area contributed by atoms with Gasteiger partial charge in [0.2, 0.25) is 0 Å². The molecule has 0 saturated heterocycles. The van der Waals surface area contributed by atoms with Crippen molar-refractivity contribution in [3.05, 3.63) is 62.6 Å². The standard InChI is InChI=1S/C14H13N5O2S/c1-8-6-12(20)18-14(16-8)22-7-11-17-10-5-3-2-4-9(10)13(21)19(11)15/h2-6H,7,15H2,1H3,(H,16,18,20). The van der Waals surface area contributed by atoms with E-state index < -0.39 is 0 Å². The molecule has 0 aliphatic rings. The molecular weight excluding hydrogens is 302 g/mol. The molecule has 0 radical (unpaired) electrons. The second kappa shape index (κ2) is 5.64. The van der Waals surface area contributed by atoms with Gasteiger partial charge >= 0.3 is 0 Å². The van der Waals surface area contributed by atoms with E-state index in [-0.39, 0.29) is 11.1 Å². The fraction of sp³-hybridized carbons (Fsp3) is 0.143. The van der Waals surface area contributed by atoms with E-state index in [4.69, 9.17) is 5.84 Å². The summed E-state index contributed by atoms with van der Waals surface area (Å²) in [6.45, 7) is 1.74. The fourth-order valence-corrected chi connectivity index (χ4v) is 2.90. The quantitative estimate of drug-likeness (QED) is 0.420. The summed E-state index contributed by atoms with van der Waals surface area (Å²) < 4.78 is 1.03. The van der Waals surface area contributed by atoms with Crippen LogP contribution in [0.2, 0.25) is 0 Å². The minimum atomic E-state index is -0.299. The van der Waals surface area contributed by atoms with E-state index in [1.807, 2.05) is 6.07 Å². The average Bonchev–Trinajstić information content (AvgIpc) is 2.48. The Hall–Kier alpha value is -2.61. The summed E-state index contributed by atoms with van der Waals surface area (Å²) in [5.41, 5.74) is 0.705. The van der Waals surface area contributed by atoms with E-state index in [0.29, 0.717) is 33.3 Å². The fourth-order valence-electron chi connectivity index (χ4n) is 2.05. The third kappa shape index (κ3) is 2.73. The number of nitrogens with zero attached hydrogens (tertiary/aromatic N) is 3. The summed E-state index contributed by atoms with van der Waals surface area (Å²) in [5, 5.41) is 0.938. The zero-order valence-corrected chi connectivity index (χ0v) is 12.6. The van der Waals surface area contributed by atoms with E-state index >= 15 is 0 Å². The predicted molar refractivity (Wildman–Crippen MR) is 85.3 cm³/mol. The third-order valence-corrected chi connectivity index (χ3v) is 3.94. The van der Waals surface area contributed by atoms with Crippen molar-refractivity contribution in [2.45, 2.75) is 17.8 Å². The number of fused-ring (bicyclic) bond motifs is 1. The Morgan fingerprint density at radius 1 is 1.27 bits per heavy atom. The van der Waals surface area contributed by atoms with Crippen LogP contribution in [0.4, 0.5) is 0 Å². The Morgan fingerprint density at radius 3 is 2.82 bits per heavy atom. The van der Waals surface area contributed by atoms with Crippen LogP contribution < -0.4 is 17.0 Å². The van der Waals surface area contributed by atoms with Crippen molar-refractivity contribution in [1.29, 1.82) is 0 Å². The molecule has 0 aliphatic heterocycles. The number of H-pyrrole nitrogens is 1. The number of thioether (sulfide) groups is 1. The molecule has 0 bridgehead atoms. The van der Waals surface area contributed by atoms with E-state index in [9.17, 15) is 9.59 Å². The average molecular weight is 315 g/mol. The Balaban J connectivity index is 1.95. The van der Waals surface area contributed by atoms with Crippen LogP contribution in [0.5, 0.6) is 0 Å². The smallest absolute Gasteiger partial charge is 0.279 e. The van der Waals surface area contributed by atoms with Gasteiger partial charge in [-0.3, -0.25) is 9.59 Å². The second-order valence-corrected chi connectivity index (χ2v) is 5.66. The van der Waals surface area contributed by atoms with Gasteiger partial charge in [-0.25, -0.2) is 14.6 Å². The number of para-hydroxylation sites is 1. The molecule has 0 atom stereocenters. The van der Waals surface area contributed by atoms with Gasteiger partial charge in [0.05, 0.1) is 16.7 Å². The number of aryl methyl sites for hydroxylation is 1. The lowest BCUT2D eigenvalue weighted by Gasteiger charge is -2.08. The first-order chi connectivity index (χ1) is 10.5. The van der Waals surface area contributed by atoms with E-state index in [0.717, 1.165) is 4.68 Å². The van der Waals surface area contributed by atoms with Crippen LogP contribution >= 0.6 is 11.8 Å². The summed E-state index contributed by atoms with van der Waals surface area (Å²) in [5.74, 6) is 6.55. The Labute approximate surface area is 129 Å². The summed E-state index contributed by atoms with van der Waals surface area (Å²) in [6, 6.07) is 8.44. The number of nitrogens with two attached hydrogens (primary N) is 1. The molecule has 0 fully saturated rings. The molecule has 3 rings (SSSR count). The number of benzene rings is 1.